The van der Waals surface area contributed by atoms with Crippen LogP contribution in [0.1, 0.15) is 16.7 Å². The highest BCUT2D eigenvalue weighted by Gasteiger charge is 2.17. The Morgan fingerprint density at radius 2 is 1.12 bits per heavy atom. The first kappa shape index (κ1) is 31.0. The predicted molar refractivity (Wildman–Crippen MR) is 221 cm³/mol. The highest BCUT2D eigenvalue weighted by atomic mass is 14.9. The zero-order valence-electron chi connectivity index (χ0n) is 28.4. The fourth-order valence-electron chi connectivity index (χ4n) is 7.21. The smallest absolute Gasteiger partial charge is 0.159 e. The van der Waals surface area contributed by atoms with Gasteiger partial charge in [0.1, 0.15) is 0 Å². The molecule has 0 saturated carbocycles. The van der Waals surface area contributed by atoms with Crippen LogP contribution in [0.5, 0.6) is 0 Å². The lowest BCUT2D eigenvalue weighted by molar-refractivity contribution is 1.40. The van der Waals surface area contributed by atoms with Crippen molar-refractivity contribution in [3.8, 4) is 22.3 Å². The van der Waals surface area contributed by atoms with Crippen LogP contribution in [-0.2, 0) is 0 Å². The van der Waals surface area contributed by atoms with E-state index in [-0.39, 0.29) is 0 Å². The molecule has 0 amide bonds. The lowest BCUT2D eigenvalue weighted by Crippen LogP contribution is -2.00. The molecule has 0 unspecified atom stereocenters. The van der Waals surface area contributed by atoms with Gasteiger partial charge >= 0.3 is 0 Å². The summed E-state index contributed by atoms with van der Waals surface area (Å²) in [5.74, 6) is 0.584. The molecule has 0 aliphatic rings. The average Bonchev–Trinajstić information content (AvgIpc) is 3.21. The number of aromatic nitrogens is 1. The summed E-state index contributed by atoms with van der Waals surface area (Å²) >= 11 is 0. The number of benzene rings is 8. The summed E-state index contributed by atoms with van der Waals surface area (Å²) in [7, 11) is 0. The maximum absolute atomic E-state index is 5.02. The molecule has 0 radical (unpaired) electrons. The third-order valence-electron chi connectivity index (χ3n) is 9.69. The van der Waals surface area contributed by atoms with Crippen LogP contribution in [0.2, 0.25) is 0 Å². The van der Waals surface area contributed by atoms with Crippen molar-refractivity contribution in [2.24, 2.45) is 9.98 Å². The molecule has 0 saturated heterocycles. The zero-order valence-corrected chi connectivity index (χ0v) is 28.4. The minimum Gasteiger partial charge on any atom is -0.256 e. The van der Waals surface area contributed by atoms with Gasteiger partial charge in [0.05, 0.1) is 11.2 Å². The quantitative estimate of drug-likeness (QED) is 0.0991. The largest absolute Gasteiger partial charge is 0.256 e. The number of aliphatic imine (C=N–C) groups is 2. The number of amidine groups is 1. The van der Waals surface area contributed by atoms with Crippen molar-refractivity contribution in [2.75, 3.05) is 0 Å². The van der Waals surface area contributed by atoms with Crippen LogP contribution < -0.4 is 0 Å². The SMILES string of the molecule is C=C(N=C(N=Cc1cccc(-c2c3ccccc3c(-c3ccc4ccccc4c3)c3ccccc23)c1)c1ccc2ncccc2c1)c1ccccc1. The zero-order chi connectivity index (χ0) is 34.9. The van der Waals surface area contributed by atoms with E-state index in [0.717, 1.165) is 33.2 Å². The van der Waals surface area contributed by atoms with E-state index in [9.17, 15) is 0 Å². The van der Waals surface area contributed by atoms with Gasteiger partial charge in [-0.25, -0.2) is 9.98 Å². The second kappa shape index (κ2) is 13.4. The molecule has 3 nitrogen and oxygen atoms in total. The Balaban J connectivity index is 1.17. The van der Waals surface area contributed by atoms with Crippen molar-refractivity contribution in [1.29, 1.82) is 0 Å². The highest BCUT2D eigenvalue weighted by Crippen LogP contribution is 2.44. The molecule has 244 valence electrons. The van der Waals surface area contributed by atoms with Crippen molar-refractivity contribution in [3.63, 3.8) is 0 Å². The Kier molecular flexibility index (Phi) is 7.99. The molecule has 0 bridgehead atoms. The Morgan fingerprint density at radius 3 is 1.85 bits per heavy atom. The number of rotatable bonds is 6. The molecule has 0 atom stereocenters. The number of hydrogen-bond acceptors (Lipinski definition) is 2. The molecule has 52 heavy (non-hydrogen) atoms. The van der Waals surface area contributed by atoms with Crippen LogP contribution >= 0.6 is 0 Å². The fraction of sp³-hybridized carbons (Fsp3) is 0. The lowest BCUT2D eigenvalue weighted by Gasteiger charge is -2.18. The van der Waals surface area contributed by atoms with Crippen LogP contribution in [0.4, 0.5) is 0 Å². The molecule has 0 aliphatic carbocycles. The van der Waals surface area contributed by atoms with E-state index < -0.39 is 0 Å². The first-order chi connectivity index (χ1) is 25.7. The van der Waals surface area contributed by atoms with Crippen LogP contribution in [0.3, 0.4) is 0 Å². The van der Waals surface area contributed by atoms with E-state index >= 15 is 0 Å². The van der Waals surface area contributed by atoms with Crippen LogP contribution in [0.25, 0.3) is 71.2 Å². The van der Waals surface area contributed by atoms with E-state index in [0.29, 0.717) is 11.5 Å². The van der Waals surface area contributed by atoms with Crippen molar-refractivity contribution in [1.82, 2.24) is 4.98 Å². The van der Waals surface area contributed by atoms with Crippen molar-refractivity contribution >= 4 is 61.0 Å². The molecule has 1 heterocycles. The molecule has 9 rings (SSSR count). The Bertz CT molecular complexity index is 2810. The molecular weight excluding hydrogens is 631 g/mol. The van der Waals surface area contributed by atoms with Gasteiger partial charge in [0.2, 0.25) is 0 Å². The van der Waals surface area contributed by atoms with E-state index in [1.165, 1.54) is 49.0 Å². The van der Waals surface area contributed by atoms with Gasteiger partial charge in [0.15, 0.2) is 5.84 Å². The normalized spacial score (nSPS) is 12.0. The minimum absolute atomic E-state index is 0.584. The van der Waals surface area contributed by atoms with Crippen molar-refractivity contribution < 1.29 is 0 Å². The average molecular weight is 664 g/mol. The van der Waals surface area contributed by atoms with E-state index in [1.807, 2.05) is 60.9 Å². The van der Waals surface area contributed by atoms with Crippen LogP contribution in [0.15, 0.2) is 199 Å². The van der Waals surface area contributed by atoms with Gasteiger partial charge in [-0.1, -0.05) is 146 Å². The lowest BCUT2D eigenvalue weighted by atomic mass is 9.85. The number of nitrogens with zero attached hydrogens (tertiary/aromatic N) is 3. The summed E-state index contributed by atoms with van der Waals surface area (Å²) in [6, 6.07) is 61.7. The van der Waals surface area contributed by atoms with E-state index in [4.69, 9.17) is 9.98 Å². The maximum Gasteiger partial charge on any atom is 0.159 e. The molecule has 0 spiro atoms. The second-order valence-corrected chi connectivity index (χ2v) is 12.9. The molecule has 0 aliphatic heterocycles. The molecule has 0 fully saturated rings. The maximum atomic E-state index is 5.02. The summed E-state index contributed by atoms with van der Waals surface area (Å²) in [4.78, 5) is 14.5. The fourth-order valence-corrected chi connectivity index (χ4v) is 7.21. The van der Waals surface area contributed by atoms with Crippen molar-refractivity contribution in [2.45, 2.75) is 0 Å². The highest BCUT2D eigenvalue weighted by molar-refractivity contribution is 6.22. The number of fused-ring (bicyclic) bond motifs is 4. The van der Waals surface area contributed by atoms with Gasteiger partial charge in [-0.05, 0) is 102 Å². The molecular formula is C49H33N3. The van der Waals surface area contributed by atoms with Gasteiger partial charge < -0.3 is 0 Å². The Hall–Kier alpha value is -6.97. The van der Waals surface area contributed by atoms with Gasteiger partial charge in [0.25, 0.3) is 0 Å². The number of pyridine rings is 1. The molecule has 9 aromatic rings. The Morgan fingerprint density at radius 1 is 0.481 bits per heavy atom. The Labute approximate surface area is 302 Å². The molecule has 1 aromatic heterocycles. The standard InChI is InChI=1S/C49H33N3/c1-33(35-14-3-2-4-15-35)52-49(41-26-27-46-38(31-41)19-12-28-50-46)51-32-34-13-11-18-39(29-34)47-42-20-7-9-22-44(42)48(45-23-10-8-21-43(45)47)40-25-24-36-16-5-6-17-37(36)30-40/h2-32H,1H2. The van der Waals surface area contributed by atoms with Gasteiger partial charge in [-0.15, -0.1) is 0 Å². The molecule has 0 N–H and O–H groups in total. The van der Waals surface area contributed by atoms with E-state index in [2.05, 4.69) is 139 Å². The van der Waals surface area contributed by atoms with Gasteiger partial charge in [-0.3, -0.25) is 4.98 Å². The topological polar surface area (TPSA) is 37.6 Å². The van der Waals surface area contributed by atoms with Gasteiger partial charge in [-0.2, -0.15) is 0 Å². The van der Waals surface area contributed by atoms with Crippen LogP contribution in [-0.4, -0.2) is 17.0 Å². The van der Waals surface area contributed by atoms with E-state index in [1.54, 1.807) is 0 Å². The minimum atomic E-state index is 0.584. The molecule has 8 aromatic carbocycles. The first-order valence-corrected chi connectivity index (χ1v) is 17.4. The summed E-state index contributed by atoms with van der Waals surface area (Å²) in [6.45, 7) is 4.29. The third-order valence-corrected chi connectivity index (χ3v) is 9.69. The third kappa shape index (κ3) is 5.85. The summed E-state index contributed by atoms with van der Waals surface area (Å²) < 4.78 is 0. The molecule has 3 heteroatoms. The van der Waals surface area contributed by atoms with Crippen LogP contribution in [0, 0.1) is 0 Å². The summed E-state index contributed by atoms with van der Waals surface area (Å²) in [5.41, 5.74) is 9.20. The second-order valence-electron chi connectivity index (χ2n) is 12.9. The number of hydrogen-bond donors (Lipinski definition) is 0. The summed E-state index contributed by atoms with van der Waals surface area (Å²) in [5, 5.41) is 8.38. The predicted octanol–water partition coefficient (Wildman–Crippen LogP) is 12.6. The monoisotopic (exact) mass is 663 g/mol. The first-order valence-electron chi connectivity index (χ1n) is 17.4. The van der Waals surface area contributed by atoms with Crippen molar-refractivity contribution in [3.05, 3.63) is 205 Å². The van der Waals surface area contributed by atoms with Gasteiger partial charge in [0, 0.05) is 23.4 Å². The summed E-state index contributed by atoms with van der Waals surface area (Å²) in [6.07, 6.45) is 3.71.